The van der Waals surface area contributed by atoms with Crippen molar-refractivity contribution in [3.63, 3.8) is 0 Å². The fourth-order valence-electron chi connectivity index (χ4n) is 3.02. The van der Waals surface area contributed by atoms with Gasteiger partial charge in [0.2, 0.25) is 10.0 Å². The number of hydrogen-bond acceptors (Lipinski definition) is 5. The Kier molecular flexibility index (Phi) is 7.00. The number of aromatic hydroxyl groups is 1. The van der Waals surface area contributed by atoms with Crippen molar-refractivity contribution in [2.24, 2.45) is 11.7 Å². The molecule has 0 aliphatic carbocycles. The van der Waals surface area contributed by atoms with Crippen LogP contribution in [0.25, 0.3) is 0 Å². The Morgan fingerprint density at radius 2 is 1.67 bits per heavy atom. The zero-order valence-electron chi connectivity index (χ0n) is 15.7. The molecule has 0 saturated heterocycles. The van der Waals surface area contributed by atoms with E-state index in [2.05, 4.69) is 0 Å². The highest BCUT2D eigenvalue weighted by molar-refractivity contribution is 7.89. The van der Waals surface area contributed by atoms with E-state index in [9.17, 15) is 18.6 Å². The minimum Gasteiger partial charge on any atom is -0.508 e. The molecule has 0 aliphatic rings. The first-order chi connectivity index (χ1) is 12.7. The summed E-state index contributed by atoms with van der Waals surface area (Å²) in [5.41, 5.74) is 4.89. The molecule has 0 bridgehead atoms. The van der Waals surface area contributed by atoms with Crippen LogP contribution in [0.4, 0.5) is 0 Å². The van der Waals surface area contributed by atoms with E-state index >= 15 is 0 Å². The summed E-state index contributed by atoms with van der Waals surface area (Å²) in [5.74, 6) is -0.0252. The standard InChI is InChI=1S/C20H28N2O4S/c1-16(2)15-22(27(25,26)19-10-8-18(23)9-11-19)20(24,12-13-21)14-17-6-4-3-5-7-17/h3-11,16,23-24H,12-15,21H2,1-2H3. The molecule has 7 heteroatoms. The van der Waals surface area contributed by atoms with Gasteiger partial charge in [-0.25, -0.2) is 8.42 Å². The third-order valence-electron chi connectivity index (χ3n) is 4.29. The Balaban J connectivity index is 2.51. The van der Waals surface area contributed by atoms with Crippen LogP contribution in [0.2, 0.25) is 0 Å². The number of phenols is 1. The normalized spacial score (nSPS) is 14.4. The Bertz CT molecular complexity index is 823. The number of nitrogens with zero attached hydrogens (tertiary/aromatic N) is 1. The topological polar surface area (TPSA) is 104 Å². The van der Waals surface area contributed by atoms with Gasteiger partial charge in [-0.1, -0.05) is 44.2 Å². The first-order valence-corrected chi connectivity index (χ1v) is 10.4. The Morgan fingerprint density at radius 3 is 2.19 bits per heavy atom. The van der Waals surface area contributed by atoms with E-state index in [1.54, 1.807) is 0 Å². The van der Waals surface area contributed by atoms with Gasteiger partial charge in [-0.2, -0.15) is 4.31 Å². The van der Waals surface area contributed by atoms with E-state index in [-0.39, 0.29) is 42.5 Å². The Morgan fingerprint density at radius 1 is 1.07 bits per heavy atom. The highest BCUT2D eigenvalue weighted by Crippen LogP contribution is 2.30. The Hall–Kier alpha value is -1.93. The summed E-state index contributed by atoms with van der Waals surface area (Å²) in [6, 6.07) is 14.6. The molecule has 2 aromatic rings. The molecule has 0 heterocycles. The monoisotopic (exact) mass is 392 g/mol. The minimum atomic E-state index is -4.00. The first-order valence-electron chi connectivity index (χ1n) is 8.97. The number of phenolic OH excluding ortho intramolecular Hbond substituents is 1. The van der Waals surface area contributed by atoms with Crippen molar-refractivity contribution in [3.05, 3.63) is 60.2 Å². The average Bonchev–Trinajstić information content (AvgIpc) is 2.61. The molecule has 0 aliphatic heterocycles. The van der Waals surface area contributed by atoms with Gasteiger partial charge in [0.1, 0.15) is 11.5 Å². The summed E-state index contributed by atoms with van der Waals surface area (Å²) in [5, 5.41) is 20.9. The molecule has 0 radical (unpaired) electrons. The molecule has 4 N–H and O–H groups in total. The van der Waals surface area contributed by atoms with Crippen LogP contribution in [0.5, 0.6) is 5.75 Å². The number of sulfonamides is 1. The predicted octanol–water partition coefficient (Wildman–Crippen LogP) is 2.32. The van der Waals surface area contributed by atoms with Gasteiger partial charge in [0.15, 0.2) is 0 Å². The molecule has 0 saturated carbocycles. The van der Waals surface area contributed by atoms with Crippen molar-refractivity contribution < 1.29 is 18.6 Å². The lowest BCUT2D eigenvalue weighted by Crippen LogP contribution is -2.55. The predicted molar refractivity (Wildman–Crippen MR) is 106 cm³/mol. The molecule has 6 nitrogen and oxygen atoms in total. The summed E-state index contributed by atoms with van der Waals surface area (Å²) in [4.78, 5) is 0.0180. The van der Waals surface area contributed by atoms with Gasteiger partial charge in [0.25, 0.3) is 0 Å². The van der Waals surface area contributed by atoms with Crippen LogP contribution in [0.3, 0.4) is 0 Å². The zero-order chi connectivity index (χ0) is 20.1. The van der Waals surface area contributed by atoms with Crippen LogP contribution in [0.1, 0.15) is 25.8 Å². The van der Waals surface area contributed by atoms with Gasteiger partial charge < -0.3 is 15.9 Å². The lowest BCUT2D eigenvalue weighted by atomic mass is 9.98. The van der Waals surface area contributed by atoms with E-state index in [1.165, 1.54) is 24.3 Å². The maximum absolute atomic E-state index is 13.3. The quantitative estimate of drug-likeness (QED) is 0.568. The van der Waals surface area contributed by atoms with Gasteiger partial charge >= 0.3 is 0 Å². The maximum Gasteiger partial charge on any atom is 0.245 e. The zero-order valence-corrected chi connectivity index (χ0v) is 16.6. The lowest BCUT2D eigenvalue weighted by molar-refractivity contribution is -0.0690. The van der Waals surface area contributed by atoms with Crippen molar-refractivity contribution in [1.82, 2.24) is 4.31 Å². The molecule has 27 heavy (non-hydrogen) atoms. The Labute approximate surface area is 161 Å². The molecule has 2 rings (SSSR count). The maximum atomic E-state index is 13.3. The van der Waals surface area contributed by atoms with E-state index in [4.69, 9.17) is 5.73 Å². The summed E-state index contributed by atoms with van der Waals surface area (Å²) in [7, 11) is -4.00. The second-order valence-corrected chi connectivity index (χ2v) is 8.97. The molecule has 1 unspecified atom stereocenters. The van der Waals surface area contributed by atoms with E-state index in [0.717, 1.165) is 9.87 Å². The van der Waals surface area contributed by atoms with Crippen LogP contribution in [-0.4, -0.2) is 41.8 Å². The SMILES string of the molecule is CC(C)CN(C(O)(CCN)Cc1ccccc1)S(=O)(=O)c1ccc(O)cc1. The van der Waals surface area contributed by atoms with Crippen molar-refractivity contribution >= 4 is 10.0 Å². The summed E-state index contributed by atoms with van der Waals surface area (Å²) in [6.07, 6.45) is 0.237. The number of nitrogens with two attached hydrogens (primary N) is 1. The second kappa shape index (κ2) is 8.84. The summed E-state index contributed by atoms with van der Waals surface area (Å²) >= 11 is 0. The molecule has 0 aromatic heterocycles. The highest BCUT2D eigenvalue weighted by Gasteiger charge is 2.42. The number of hydrogen-bond donors (Lipinski definition) is 3. The van der Waals surface area contributed by atoms with E-state index < -0.39 is 15.7 Å². The van der Waals surface area contributed by atoms with Gasteiger partial charge in [-0.15, -0.1) is 0 Å². The summed E-state index contributed by atoms with van der Waals surface area (Å²) < 4.78 is 27.8. The van der Waals surface area contributed by atoms with Crippen molar-refractivity contribution in [3.8, 4) is 5.75 Å². The minimum absolute atomic E-state index is 0.00281. The first kappa shape index (κ1) is 21.4. The van der Waals surface area contributed by atoms with Gasteiger partial charge in [0.05, 0.1) is 4.90 Å². The third-order valence-corrected chi connectivity index (χ3v) is 6.23. The highest BCUT2D eigenvalue weighted by atomic mass is 32.2. The number of benzene rings is 2. The average molecular weight is 393 g/mol. The fourth-order valence-corrected chi connectivity index (χ4v) is 4.86. The summed E-state index contributed by atoms with van der Waals surface area (Å²) in [6.45, 7) is 4.07. The van der Waals surface area contributed by atoms with Crippen LogP contribution in [0.15, 0.2) is 59.5 Å². The molecular formula is C20H28N2O4S. The van der Waals surface area contributed by atoms with Gasteiger partial charge in [-0.3, -0.25) is 0 Å². The lowest BCUT2D eigenvalue weighted by Gasteiger charge is -2.40. The van der Waals surface area contributed by atoms with Crippen molar-refractivity contribution in [2.75, 3.05) is 13.1 Å². The van der Waals surface area contributed by atoms with E-state index in [1.807, 2.05) is 44.2 Å². The van der Waals surface area contributed by atoms with Crippen LogP contribution >= 0.6 is 0 Å². The second-order valence-electron chi connectivity index (χ2n) is 7.11. The number of rotatable bonds is 9. The molecule has 0 amide bonds. The largest absolute Gasteiger partial charge is 0.508 e. The number of aliphatic hydroxyl groups is 1. The van der Waals surface area contributed by atoms with Gasteiger partial charge in [0, 0.05) is 19.4 Å². The van der Waals surface area contributed by atoms with Gasteiger partial charge in [-0.05, 0) is 42.3 Å². The molecule has 0 fully saturated rings. The smallest absolute Gasteiger partial charge is 0.245 e. The molecular weight excluding hydrogens is 364 g/mol. The third kappa shape index (κ3) is 5.29. The fraction of sp³-hybridized carbons (Fsp3) is 0.400. The van der Waals surface area contributed by atoms with Crippen molar-refractivity contribution in [2.45, 2.75) is 37.3 Å². The molecule has 1 atom stereocenters. The van der Waals surface area contributed by atoms with Crippen LogP contribution in [-0.2, 0) is 16.4 Å². The van der Waals surface area contributed by atoms with E-state index in [0.29, 0.717) is 0 Å². The molecule has 0 spiro atoms. The van der Waals surface area contributed by atoms with Crippen molar-refractivity contribution in [1.29, 1.82) is 0 Å². The molecule has 2 aromatic carbocycles. The van der Waals surface area contributed by atoms with Crippen LogP contribution in [0, 0.1) is 5.92 Å². The van der Waals surface area contributed by atoms with Crippen LogP contribution < -0.4 is 5.73 Å². The molecule has 148 valence electrons.